The fraction of sp³-hybridized carbons (Fsp3) is 0.538. The van der Waals surface area contributed by atoms with Gasteiger partial charge in [-0.3, -0.25) is 0 Å². The Kier molecular flexibility index (Phi) is 4.51. The second-order valence-corrected chi connectivity index (χ2v) is 3.65. The molecule has 0 aromatic carbocycles. The summed E-state index contributed by atoms with van der Waals surface area (Å²) in [4.78, 5) is 2.45. The average molecular weight is 191 g/mol. The van der Waals surface area contributed by atoms with Crippen LogP contribution in [-0.4, -0.2) is 18.0 Å². The van der Waals surface area contributed by atoms with Gasteiger partial charge in [-0.1, -0.05) is 18.7 Å². The van der Waals surface area contributed by atoms with E-state index in [1.54, 1.807) is 0 Å². The Morgan fingerprint density at radius 1 is 1.43 bits per heavy atom. The SMILES string of the molecule is C=CC1=C(/C=C\C)N(CC)CCCC1. The first-order chi connectivity index (χ1) is 6.83. The van der Waals surface area contributed by atoms with Crippen LogP contribution < -0.4 is 0 Å². The van der Waals surface area contributed by atoms with Crippen LogP contribution in [0.25, 0.3) is 0 Å². The van der Waals surface area contributed by atoms with E-state index in [2.05, 4.69) is 37.5 Å². The van der Waals surface area contributed by atoms with Gasteiger partial charge >= 0.3 is 0 Å². The summed E-state index contributed by atoms with van der Waals surface area (Å²) in [6.45, 7) is 10.5. The van der Waals surface area contributed by atoms with Crippen molar-refractivity contribution in [2.75, 3.05) is 13.1 Å². The van der Waals surface area contributed by atoms with Crippen molar-refractivity contribution in [1.82, 2.24) is 4.90 Å². The van der Waals surface area contributed by atoms with Crippen molar-refractivity contribution in [2.45, 2.75) is 33.1 Å². The van der Waals surface area contributed by atoms with Crippen molar-refractivity contribution in [3.05, 3.63) is 36.1 Å². The molecule has 14 heavy (non-hydrogen) atoms. The Morgan fingerprint density at radius 3 is 2.79 bits per heavy atom. The maximum atomic E-state index is 3.91. The smallest absolute Gasteiger partial charge is 0.0395 e. The van der Waals surface area contributed by atoms with Gasteiger partial charge in [0.05, 0.1) is 0 Å². The fourth-order valence-corrected chi connectivity index (χ4v) is 1.98. The molecule has 0 fully saturated rings. The zero-order valence-electron chi connectivity index (χ0n) is 9.42. The zero-order valence-corrected chi connectivity index (χ0v) is 9.42. The molecule has 0 aromatic rings. The largest absolute Gasteiger partial charge is 0.372 e. The van der Waals surface area contributed by atoms with Gasteiger partial charge in [-0.2, -0.15) is 0 Å². The quantitative estimate of drug-likeness (QED) is 0.660. The molecule has 0 saturated heterocycles. The standard InChI is InChI=1S/C13H21N/c1-4-9-13-12(5-2)10-7-8-11-14(13)6-3/h4-5,9H,2,6-8,10-11H2,1,3H3/b9-4-. The predicted octanol–water partition coefficient (Wildman–Crippen LogP) is 3.51. The Bertz CT molecular complexity index is 248. The maximum absolute atomic E-state index is 3.91. The highest BCUT2D eigenvalue weighted by molar-refractivity contribution is 5.32. The number of nitrogens with zero attached hydrogens (tertiary/aromatic N) is 1. The molecule has 0 unspecified atom stereocenters. The lowest BCUT2D eigenvalue weighted by Crippen LogP contribution is -2.22. The first-order valence-corrected chi connectivity index (χ1v) is 5.56. The molecule has 0 aromatic heterocycles. The molecule has 1 aliphatic heterocycles. The third kappa shape index (κ3) is 2.50. The number of hydrogen-bond donors (Lipinski definition) is 0. The normalized spacial score (nSPS) is 18.9. The summed E-state index contributed by atoms with van der Waals surface area (Å²) < 4.78 is 0. The Hall–Kier alpha value is -0.980. The van der Waals surface area contributed by atoms with Gasteiger partial charge in [-0.15, -0.1) is 0 Å². The molecule has 1 aliphatic rings. The first-order valence-electron chi connectivity index (χ1n) is 5.56. The Balaban J connectivity index is 2.99. The summed E-state index contributed by atoms with van der Waals surface area (Å²) in [5, 5.41) is 0. The summed E-state index contributed by atoms with van der Waals surface area (Å²) in [5.74, 6) is 0. The highest BCUT2D eigenvalue weighted by Crippen LogP contribution is 2.23. The van der Waals surface area contributed by atoms with E-state index in [0.29, 0.717) is 0 Å². The molecule has 1 nitrogen and oxygen atoms in total. The van der Waals surface area contributed by atoms with Gasteiger partial charge in [0.2, 0.25) is 0 Å². The molecule has 78 valence electrons. The van der Waals surface area contributed by atoms with Gasteiger partial charge in [0.15, 0.2) is 0 Å². The molecule has 0 spiro atoms. The van der Waals surface area contributed by atoms with E-state index in [0.717, 1.165) is 6.54 Å². The van der Waals surface area contributed by atoms with Gasteiger partial charge in [0.25, 0.3) is 0 Å². The molecule has 1 heteroatoms. The highest BCUT2D eigenvalue weighted by atomic mass is 15.1. The van der Waals surface area contributed by atoms with Crippen LogP contribution in [0.2, 0.25) is 0 Å². The van der Waals surface area contributed by atoms with Gasteiger partial charge in [0, 0.05) is 18.8 Å². The van der Waals surface area contributed by atoms with E-state index in [4.69, 9.17) is 0 Å². The Morgan fingerprint density at radius 2 is 2.21 bits per heavy atom. The molecule has 0 saturated carbocycles. The number of hydrogen-bond acceptors (Lipinski definition) is 1. The van der Waals surface area contributed by atoms with Crippen molar-refractivity contribution >= 4 is 0 Å². The van der Waals surface area contributed by atoms with Gasteiger partial charge in [-0.05, 0) is 44.8 Å². The average Bonchev–Trinajstić information content (AvgIpc) is 2.40. The second-order valence-electron chi connectivity index (χ2n) is 3.65. The summed E-state index contributed by atoms with van der Waals surface area (Å²) in [5.41, 5.74) is 2.78. The maximum Gasteiger partial charge on any atom is 0.0395 e. The van der Waals surface area contributed by atoms with E-state index < -0.39 is 0 Å². The molecule has 0 aliphatic carbocycles. The van der Waals surface area contributed by atoms with Crippen molar-refractivity contribution < 1.29 is 0 Å². The van der Waals surface area contributed by atoms with Crippen molar-refractivity contribution in [3.63, 3.8) is 0 Å². The van der Waals surface area contributed by atoms with Crippen LogP contribution in [0.3, 0.4) is 0 Å². The lowest BCUT2D eigenvalue weighted by molar-refractivity contribution is 0.372. The van der Waals surface area contributed by atoms with Crippen molar-refractivity contribution in [1.29, 1.82) is 0 Å². The van der Waals surface area contributed by atoms with Crippen LogP contribution in [0, 0.1) is 0 Å². The second kappa shape index (κ2) is 5.69. The van der Waals surface area contributed by atoms with Crippen LogP contribution in [0.1, 0.15) is 33.1 Å². The number of rotatable bonds is 3. The minimum atomic E-state index is 1.09. The van der Waals surface area contributed by atoms with E-state index in [1.807, 2.05) is 6.08 Å². The topological polar surface area (TPSA) is 3.24 Å². The lowest BCUT2D eigenvalue weighted by Gasteiger charge is -2.23. The molecule has 0 bridgehead atoms. The number of likely N-dealkylation sites (N-methyl/N-ethyl adjacent to an activating group) is 1. The highest BCUT2D eigenvalue weighted by Gasteiger charge is 2.12. The molecule has 1 heterocycles. The van der Waals surface area contributed by atoms with Gasteiger partial charge in [0.1, 0.15) is 0 Å². The van der Waals surface area contributed by atoms with E-state index in [1.165, 1.54) is 37.1 Å². The van der Waals surface area contributed by atoms with Crippen LogP contribution >= 0.6 is 0 Å². The fourth-order valence-electron chi connectivity index (χ4n) is 1.98. The van der Waals surface area contributed by atoms with Crippen molar-refractivity contribution in [2.24, 2.45) is 0 Å². The molecule has 0 radical (unpaired) electrons. The molecular weight excluding hydrogens is 170 g/mol. The first kappa shape index (κ1) is 11.1. The molecule has 0 atom stereocenters. The molecule has 1 rings (SSSR count). The minimum absolute atomic E-state index is 1.09. The molecule has 0 amide bonds. The van der Waals surface area contributed by atoms with E-state index in [-0.39, 0.29) is 0 Å². The van der Waals surface area contributed by atoms with Crippen LogP contribution in [-0.2, 0) is 0 Å². The predicted molar refractivity (Wildman–Crippen MR) is 63.1 cm³/mol. The summed E-state index contributed by atoms with van der Waals surface area (Å²) in [6.07, 6.45) is 10.1. The monoisotopic (exact) mass is 191 g/mol. The third-order valence-electron chi connectivity index (χ3n) is 2.75. The van der Waals surface area contributed by atoms with Crippen LogP contribution in [0.15, 0.2) is 36.1 Å². The van der Waals surface area contributed by atoms with Crippen LogP contribution in [0.5, 0.6) is 0 Å². The summed E-state index contributed by atoms with van der Waals surface area (Å²) >= 11 is 0. The van der Waals surface area contributed by atoms with Crippen molar-refractivity contribution in [3.8, 4) is 0 Å². The van der Waals surface area contributed by atoms with E-state index >= 15 is 0 Å². The summed E-state index contributed by atoms with van der Waals surface area (Å²) in [6, 6.07) is 0. The van der Waals surface area contributed by atoms with E-state index in [9.17, 15) is 0 Å². The minimum Gasteiger partial charge on any atom is -0.372 e. The molecule has 0 N–H and O–H groups in total. The summed E-state index contributed by atoms with van der Waals surface area (Å²) in [7, 11) is 0. The molecular formula is C13H21N. The van der Waals surface area contributed by atoms with Crippen LogP contribution in [0.4, 0.5) is 0 Å². The number of allylic oxidation sites excluding steroid dienone is 4. The zero-order chi connectivity index (χ0) is 10.4. The Labute approximate surface area is 87.8 Å². The van der Waals surface area contributed by atoms with Gasteiger partial charge in [-0.25, -0.2) is 0 Å². The third-order valence-corrected chi connectivity index (χ3v) is 2.75. The van der Waals surface area contributed by atoms with Gasteiger partial charge < -0.3 is 4.90 Å². The lowest BCUT2D eigenvalue weighted by atomic mass is 10.1.